The third-order valence-electron chi connectivity index (χ3n) is 6.00. The second-order valence-corrected chi connectivity index (χ2v) is 11.4. The number of fused-ring (bicyclic) bond motifs is 1. The van der Waals surface area contributed by atoms with E-state index in [0.29, 0.717) is 17.9 Å². The molecule has 0 aliphatic carbocycles. The molecule has 4 N–H and O–H groups in total. The predicted octanol–water partition coefficient (Wildman–Crippen LogP) is 0.454. The van der Waals surface area contributed by atoms with Gasteiger partial charge < -0.3 is 21.0 Å². The molecular formula is C21H26N7O5S3+. The molecule has 2 aromatic heterocycles. The summed E-state index contributed by atoms with van der Waals surface area (Å²) in [4.78, 5) is 51.4. The van der Waals surface area contributed by atoms with E-state index >= 15 is 0 Å². The average Bonchev–Trinajstić information content (AvgIpc) is 3.38. The number of oxime groups is 1. The standard InChI is InChI=1S/C21H25N7O5S3/c1-9-10(2)36-21(27(9)4)26(3)6-11-7-34-18-14(17(30)28(18)15(11)19(31)32)24-16(29)13(25-33-5)12-8-35-20(22)23-12/h8,14,18H,6-7H2,1-5H3,(H3-,22,23,24,29,31,32)/p+1/b25-13+/t14?,18-/m1/s1. The van der Waals surface area contributed by atoms with E-state index in [1.807, 2.05) is 32.8 Å². The summed E-state index contributed by atoms with van der Waals surface area (Å²) < 4.78 is 2.06. The Morgan fingerprint density at radius 1 is 1.44 bits per heavy atom. The summed E-state index contributed by atoms with van der Waals surface area (Å²) in [5, 5.41) is 18.6. The Kier molecular flexibility index (Phi) is 7.24. The van der Waals surface area contributed by atoms with Crippen molar-refractivity contribution in [1.82, 2.24) is 15.2 Å². The number of carbonyl (C=O) groups is 3. The van der Waals surface area contributed by atoms with Crippen LogP contribution in [0.3, 0.4) is 0 Å². The molecule has 2 atom stereocenters. The molecule has 2 amide bonds. The fraction of sp³-hybridized carbons (Fsp3) is 0.429. The van der Waals surface area contributed by atoms with Crippen molar-refractivity contribution >= 4 is 68.2 Å². The number of β-lactam (4-membered cyclic amide) rings is 1. The van der Waals surface area contributed by atoms with Crippen LogP contribution in [0, 0.1) is 13.8 Å². The van der Waals surface area contributed by atoms with Crippen LogP contribution in [-0.4, -0.2) is 76.4 Å². The third-order valence-corrected chi connectivity index (χ3v) is 9.38. The number of likely N-dealkylation sites (N-methyl/N-ethyl adjacent to an activating group) is 1. The fourth-order valence-electron chi connectivity index (χ4n) is 4.05. The van der Waals surface area contributed by atoms with Crippen LogP contribution < -0.4 is 20.5 Å². The van der Waals surface area contributed by atoms with E-state index in [1.165, 1.54) is 28.6 Å². The van der Waals surface area contributed by atoms with Crippen LogP contribution in [-0.2, 0) is 26.3 Å². The van der Waals surface area contributed by atoms with Gasteiger partial charge in [0.05, 0.1) is 19.0 Å². The summed E-state index contributed by atoms with van der Waals surface area (Å²) in [7, 11) is 5.16. The minimum atomic E-state index is -1.18. The number of aryl methyl sites for hydroxylation is 1. The van der Waals surface area contributed by atoms with Crippen molar-refractivity contribution in [3.05, 3.63) is 32.9 Å². The number of amides is 2. The topological polar surface area (TPSA) is 154 Å². The van der Waals surface area contributed by atoms with Gasteiger partial charge in [0, 0.05) is 16.7 Å². The molecule has 2 aromatic rings. The number of aromatic nitrogens is 2. The number of anilines is 2. The minimum Gasteiger partial charge on any atom is -0.477 e. The van der Waals surface area contributed by atoms with E-state index in [-0.39, 0.29) is 22.2 Å². The highest BCUT2D eigenvalue weighted by Crippen LogP contribution is 2.41. The van der Waals surface area contributed by atoms with Crippen molar-refractivity contribution in [2.45, 2.75) is 25.3 Å². The average molecular weight is 553 g/mol. The Hall–Kier alpha value is -3.17. The zero-order chi connectivity index (χ0) is 26.3. The number of carboxylic acids is 1. The smallest absolute Gasteiger partial charge is 0.352 e. The highest BCUT2D eigenvalue weighted by molar-refractivity contribution is 8.00. The summed E-state index contributed by atoms with van der Waals surface area (Å²) in [6.45, 7) is 4.43. The summed E-state index contributed by atoms with van der Waals surface area (Å²) in [6.07, 6.45) is 0. The monoisotopic (exact) mass is 552 g/mol. The lowest BCUT2D eigenvalue weighted by molar-refractivity contribution is -0.660. The van der Waals surface area contributed by atoms with Crippen LogP contribution in [0.1, 0.15) is 16.3 Å². The fourth-order valence-corrected chi connectivity index (χ4v) is 6.99. The van der Waals surface area contributed by atoms with E-state index in [4.69, 9.17) is 10.6 Å². The van der Waals surface area contributed by atoms with Gasteiger partial charge in [-0.15, -0.1) is 23.1 Å². The van der Waals surface area contributed by atoms with Crippen LogP contribution in [0.15, 0.2) is 21.8 Å². The van der Waals surface area contributed by atoms with Crippen molar-refractivity contribution in [2.24, 2.45) is 12.2 Å². The highest BCUT2D eigenvalue weighted by Gasteiger charge is 2.54. The summed E-state index contributed by atoms with van der Waals surface area (Å²) in [5.74, 6) is -1.94. The van der Waals surface area contributed by atoms with Crippen LogP contribution in [0.5, 0.6) is 0 Å². The van der Waals surface area contributed by atoms with E-state index < -0.39 is 29.2 Å². The number of thiazole rings is 2. The lowest BCUT2D eigenvalue weighted by Crippen LogP contribution is -2.71. The van der Waals surface area contributed by atoms with E-state index in [1.54, 1.807) is 16.7 Å². The molecule has 12 nitrogen and oxygen atoms in total. The number of hydrogen-bond acceptors (Lipinski definition) is 11. The number of nitrogens with one attached hydrogen (secondary N) is 1. The van der Waals surface area contributed by atoms with Crippen LogP contribution in [0.4, 0.5) is 10.3 Å². The molecule has 1 unspecified atom stereocenters. The number of nitrogens with zero attached hydrogens (tertiary/aromatic N) is 5. The molecule has 0 radical (unpaired) electrons. The van der Waals surface area contributed by atoms with E-state index in [0.717, 1.165) is 22.2 Å². The van der Waals surface area contributed by atoms with Crippen molar-refractivity contribution in [3.63, 3.8) is 0 Å². The van der Waals surface area contributed by atoms with Gasteiger partial charge in [-0.2, -0.15) is 0 Å². The molecule has 1 saturated heterocycles. The molecule has 0 bridgehead atoms. The molecule has 0 aromatic carbocycles. The maximum atomic E-state index is 13.1. The molecule has 0 spiro atoms. The molecule has 0 saturated carbocycles. The number of nitrogens with two attached hydrogens (primary N) is 1. The zero-order valence-corrected chi connectivity index (χ0v) is 22.7. The molecular weight excluding hydrogens is 526 g/mol. The summed E-state index contributed by atoms with van der Waals surface area (Å²) in [6, 6.07) is -0.908. The quantitative estimate of drug-likeness (QED) is 0.183. The zero-order valence-electron chi connectivity index (χ0n) is 20.3. The lowest BCUT2D eigenvalue weighted by Gasteiger charge is -2.49. The van der Waals surface area contributed by atoms with Crippen LogP contribution in [0.25, 0.3) is 0 Å². The lowest BCUT2D eigenvalue weighted by atomic mass is 10.0. The van der Waals surface area contributed by atoms with Gasteiger partial charge in [-0.1, -0.05) is 16.5 Å². The van der Waals surface area contributed by atoms with E-state index in [9.17, 15) is 19.5 Å². The van der Waals surface area contributed by atoms with E-state index in [2.05, 4.69) is 20.0 Å². The van der Waals surface area contributed by atoms with Crippen molar-refractivity contribution in [3.8, 4) is 0 Å². The number of thioether (sulfide) groups is 1. The number of rotatable bonds is 8. The first-order chi connectivity index (χ1) is 17.0. The SMILES string of the molecule is CO/N=C(/C(=O)NC1C(=O)N2C(C(=O)O)=C(CN(C)c3sc(C)c(C)[n+]3C)CS[C@H]12)c1csc(N)n1. The largest absolute Gasteiger partial charge is 0.477 e. The van der Waals surface area contributed by atoms with Gasteiger partial charge in [0.15, 0.2) is 10.8 Å². The molecule has 4 rings (SSSR count). The van der Waals surface area contributed by atoms with Gasteiger partial charge in [0.1, 0.15) is 42.2 Å². The van der Waals surface area contributed by atoms with Crippen LogP contribution >= 0.6 is 34.4 Å². The predicted molar refractivity (Wildman–Crippen MR) is 138 cm³/mol. The second-order valence-electron chi connectivity index (χ2n) is 8.25. The normalized spacial score (nSPS) is 19.6. The molecule has 2 aliphatic rings. The molecule has 36 heavy (non-hydrogen) atoms. The highest BCUT2D eigenvalue weighted by atomic mass is 32.2. The number of aliphatic carboxylic acids is 1. The van der Waals surface area contributed by atoms with Crippen molar-refractivity contribution in [2.75, 3.05) is 37.1 Å². The Morgan fingerprint density at radius 2 is 2.17 bits per heavy atom. The van der Waals surface area contributed by atoms with Gasteiger partial charge in [0.2, 0.25) is 0 Å². The molecule has 2 aliphatic heterocycles. The third kappa shape index (κ3) is 4.53. The molecule has 15 heteroatoms. The number of hydrogen-bond donors (Lipinski definition) is 3. The Bertz CT molecular complexity index is 1300. The first-order valence-corrected chi connectivity index (χ1v) is 13.5. The Labute approximate surface area is 219 Å². The van der Waals surface area contributed by atoms with Crippen molar-refractivity contribution in [1.29, 1.82) is 0 Å². The first kappa shape index (κ1) is 25.9. The first-order valence-electron chi connectivity index (χ1n) is 10.8. The van der Waals surface area contributed by atoms with Gasteiger partial charge in [-0.3, -0.25) is 19.4 Å². The van der Waals surface area contributed by atoms with Gasteiger partial charge in [0.25, 0.3) is 11.8 Å². The number of nitrogen functional groups attached to an aromatic ring is 1. The Morgan fingerprint density at radius 3 is 2.72 bits per heavy atom. The van der Waals surface area contributed by atoms with Crippen LogP contribution in [0.2, 0.25) is 0 Å². The number of carbonyl (C=O) groups excluding carboxylic acids is 2. The molecule has 4 heterocycles. The van der Waals surface area contributed by atoms with Gasteiger partial charge >= 0.3 is 11.1 Å². The second kappa shape index (κ2) is 10.1. The minimum absolute atomic E-state index is 0.0354. The summed E-state index contributed by atoms with van der Waals surface area (Å²) >= 11 is 4.17. The maximum Gasteiger partial charge on any atom is 0.352 e. The van der Waals surface area contributed by atoms with Crippen molar-refractivity contribution < 1.29 is 28.9 Å². The number of carboxylic acid groups (broad SMARTS) is 1. The molecule has 1 fully saturated rings. The summed E-state index contributed by atoms with van der Waals surface area (Å²) in [5.41, 5.74) is 7.49. The van der Waals surface area contributed by atoms with Gasteiger partial charge in [-0.25, -0.2) is 14.3 Å². The maximum absolute atomic E-state index is 13.1. The van der Waals surface area contributed by atoms with Gasteiger partial charge in [-0.05, 0) is 13.8 Å². The molecule has 192 valence electrons. The Balaban J connectivity index is 1.53.